The van der Waals surface area contributed by atoms with Crippen LogP contribution in [0, 0.1) is 0 Å². The maximum atomic E-state index is 13.1. The third-order valence-electron chi connectivity index (χ3n) is 4.72. The molecule has 6 nitrogen and oxygen atoms in total. The number of aromatic nitrogens is 2. The molecule has 0 fully saturated rings. The van der Waals surface area contributed by atoms with Crippen LogP contribution in [0.4, 0.5) is 5.69 Å². The molecule has 2 aromatic carbocycles. The Morgan fingerprint density at radius 2 is 1.88 bits per heavy atom. The first-order chi connectivity index (χ1) is 15.4. The van der Waals surface area contributed by atoms with Gasteiger partial charge in [0.05, 0.1) is 17.8 Å². The summed E-state index contributed by atoms with van der Waals surface area (Å²) in [5.74, 6) is -0.210. The van der Waals surface area contributed by atoms with E-state index >= 15 is 0 Å². The van der Waals surface area contributed by atoms with Crippen LogP contribution in [0.5, 0.6) is 0 Å². The number of nitrogens with zero attached hydrogens (tertiary/aromatic N) is 2. The quantitative estimate of drug-likeness (QED) is 0.225. The van der Waals surface area contributed by atoms with E-state index in [1.807, 2.05) is 23.6 Å². The van der Waals surface area contributed by atoms with Gasteiger partial charge in [0, 0.05) is 16.3 Å². The van der Waals surface area contributed by atoms with Gasteiger partial charge in [-0.25, -0.2) is 4.98 Å². The molecule has 0 spiro atoms. The lowest BCUT2D eigenvalue weighted by atomic mass is 10.1. The number of thioether (sulfide) groups is 1. The Morgan fingerprint density at radius 3 is 2.59 bits per heavy atom. The summed E-state index contributed by atoms with van der Waals surface area (Å²) in [7, 11) is 0. The van der Waals surface area contributed by atoms with Crippen molar-refractivity contribution in [3.63, 3.8) is 0 Å². The second-order valence-electron chi connectivity index (χ2n) is 6.98. The van der Waals surface area contributed by atoms with Gasteiger partial charge in [-0.3, -0.25) is 19.0 Å². The van der Waals surface area contributed by atoms with E-state index in [1.54, 1.807) is 41.0 Å². The van der Waals surface area contributed by atoms with Crippen molar-refractivity contribution in [2.75, 3.05) is 11.1 Å². The number of amides is 1. The van der Waals surface area contributed by atoms with Crippen molar-refractivity contribution in [1.82, 2.24) is 9.55 Å². The first kappa shape index (κ1) is 22.3. The number of hydrogen-bond donors (Lipinski definition) is 1. The predicted octanol–water partition coefficient (Wildman–Crippen LogP) is 5.09. The fourth-order valence-corrected chi connectivity index (χ4v) is 4.86. The highest BCUT2D eigenvalue weighted by molar-refractivity contribution is 7.99. The van der Waals surface area contributed by atoms with Crippen LogP contribution in [0.25, 0.3) is 10.2 Å². The van der Waals surface area contributed by atoms with Crippen LogP contribution in [-0.2, 0) is 11.3 Å². The molecule has 0 saturated heterocycles. The molecule has 2 heterocycles. The molecular formula is C23H18ClN3O3S2. The van der Waals surface area contributed by atoms with Crippen LogP contribution in [-0.4, -0.2) is 27.0 Å². The molecular weight excluding hydrogens is 466 g/mol. The largest absolute Gasteiger partial charge is 0.325 e. The summed E-state index contributed by atoms with van der Waals surface area (Å²) in [5.41, 5.74) is 2.42. The third-order valence-corrected chi connectivity index (χ3v) is 6.96. The highest BCUT2D eigenvalue weighted by Gasteiger charge is 2.16. The molecule has 4 rings (SSSR count). The van der Waals surface area contributed by atoms with Crippen molar-refractivity contribution in [3.8, 4) is 0 Å². The number of Topliss-reactive ketones (excluding diaryl/α,β-unsaturated/α-hetero) is 1. The average Bonchev–Trinajstić information content (AvgIpc) is 3.25. The van der Waals surface area contributed by atoms with E-state index in [0.717, 1.165) is 5.56 Å². The molecule has 0 atom stereocenters. The second kappa shape index (κ2) is 9.68. The van der Waals surface area contributed by atoms with Gasteiger partial charge >= 0.3 is 0 Å². The van der Waals surface area contributed by atoms with E-state index in [0.29, 0.717) is 31.6 Å². The van der Waals surface area contributed by atoms with Gasteiger partial charge in [0.25, 0.3) is 5.56 Å². The summed E-state index contributed by atoms with van der Waals surface area (Å²) >= 11 is 8.83. The van der Waals surface area contributed by atoms with Gasteiger partial charge in [0.1, 0.15) is 4.70 Å². The second-order valence-corrected chi connectivity index (χ2v) is 9.25. The summed E-state index contributed by atoms with van der Waals surface area (Å²) in [4.78, 5) is 41.6. The first-order valence-electron chi connectivity index (χ1n) is 9.67. The molecule has 32 heavy (non-hydrogen) atoms. The molecule has 1 N–H and O–H groups in total. The zero-order chi connectivity index (χ0) is 22.7. The minimum Gasteiger partial charge on any atom is -0.325 e. The lowest BCUT2D eigenvalue weighted by Gasteiger charge is -2.13. The lowest BCUT2D eigenvalue weighted by Crippen LogP contribution is -2.24. The van der Waals surface area contributed by atoms with E-state index in [9.17, 15) is 14.4 Å². The van der Waals surface area contributed by atoms with Gasteiger partial charge in [-0.1, -0.05) is 41.6 Å². The summed E-state index contributed by atoms with van der Waals surface area (Å²) < 4.78 is 2.12. The average molecular weight is 484 g/mol. The number of fused-ring (bicyclic) bond motifs is 1. The Morgan fingerprint density at radius 1 is 1.12 bits per heavy atom. The summed E-state index contributed by atoms with van der Waals surface area (Å²) in [6.07, 6.45) is 0. The number of carbonyl (C=O) groups is 2. The van der Waals surface area contributed by atoms with Crippen LogP contribution in [0.2, 0.25) is 5.02 Å². The standard InChI is InChI=1S/C23H18ClN3O3S2/c1-14(28)15-6-8-17(9-7-15)25-20(29)13-32-23-26-19-10-11-31-21(19)22(30)27(23)12-16-4-2-3-5-18(16)24/h2-11H,12-13H2,1H3,(H,25,29). The lowest BCUT2D eigenvalue weighted by molar-refractivity contribution is -0.113. The Bertz CT molecular complexity index is 1360. The van der Waals surface area contributed by atoms with E-state index in [1.165, 1.54) is 30.0 Å². The predicted molar refractivity (Wildman–Crippen MR) is 130 cm³/mol. The van der Waals surface area contributed by atoms with Crippen molar-refractivity contribution < 1.29 is 9.59 Å². The number of thiophene rings is 1. The Balaban J connectivity index is 1.55. The van der Waals surface area contributed by atoms with Crippen LogP contribution < -0.4 is 10.9 Å². The SMILES string of the molecule is CC(=O)c1ccc(NC(=O)CSc2nc3ccsc3c(=O)n2Cc2ccccc2Cl)cc1. The highest BCUT2D eigenvalue weighted by Crippen LogP contribution is 2.24. The number of rotatable bonds is 7. The zero-order valence-electron chi connectivity index (χ0n) is 17.0. The number of hydrogen-bond acceptors (Lipinski definition) is 6. The fraction of sp³-hybridized carbons (Fsp3) is 0.130. The number of ketones is 1. The van der Waals surface area contributed by atoms with Crippen LogP contribution in [0.15, 0.2) is 69.9 Å². The molecule has 0 aliphatic rings. The van der Waals surface area contributed by atoms with Crippen molar-refractivity contribution in [2.24, 2.45) is 0 Å². The van der Waals surface area contributed by atoms with Crippen molar-refractivity contribution in [2.45, 2.75) is 18.6 Å². The van der Waals surface area contributed by atoms with E-state index < -0.39 is 0 Å². The van der Waals surface area contributed by atoms with Gasteiger partial charge in [0.15, 0.2) is 10.9 Å². The molecule has 0 aliphatic carbocycles. The molecule has 0 saturated carbocycles. The van der Waals surface area contributed by atoms with Gasteiger partial charge in [0.2, 0.25) is 5.91 Å². The summed E-state index contributed by atoms with van der Waals surface area (Å²) in [6.45, 7) is 1.75. The molecule has 0 aliphatic heterocycles. The first-order valence-corrected chi connectivity index (χ1v) is 11.9. The van der Waals surface area contributed by atoms with Crippen molar-refractivity contribution in [1.29, 1.82) is 0 Å². The fourth-order valence-electron chi connectivity index (χ4n) is 3.09. The normalized spacial score (nSPS) is 10.9. The Hall–Kier alpha value is -2.94. The van der Waals surface area contributed by atoms with E-state index in [-0.39, 0.29) is 29.5 Å². The van der Waals surface area contributed by atoms with E-state index in [4.69, 9.17) is 11.6 Å². The Labute approximate surface area is 197 Å². The smallest absolute Gasteiger partial charge is 0.272 e. The van der Waals surface area contributed by atoms with Gasteiger partial charge in [-0.15, -0.1) is 11.3 Å². The van der Waals surface area contributed by atoms with Gasteiger partial charge < -0.3 is 5.32 Å². The van der Waals surface area contributed by atoms with Crippen LogP contribution >= 0.6 is 34.7 Å². The summed E-state index contributed by atoms with van der Waals surface area (Å²) in [5, 5.41) is 5.63. The van der Waals surface area contributed by atoms with Gasteiger partial charge in [-0.05, 0) is 54.3 Å². The molecule has 4 aromatic rings. The number of anilines is 1. The number of carbonyl (C=O) groups excluding carboxylic acids is 2. The molecule has 162 valence electrons. The molecule has 0 unspecified atom stereocenters. The zero-order valence-corrected chi connectivity index (χ0v) is 19.4. The van der Waals surface area contributed by atoms with Crippen LogP contribution in [0.3, 0.4) is 0 Å². The number of halogens is 1. The maximum absolute atomic E-state index is 13.1. The molecule has 2 aromatic heterocycles. The third kappa shape index (κ3) is 4.93. The minimum atomic E-state index is -0.241. The number of nitrogens with one attached hydrogen (secondary N) is 1. The minimum absolute atomic E-state index is 0.0372. The Kier molecular flexibility index (Phi) is 6.74. The topological polar surface area (TPSA) is 81.1 Å². The van der Waals surface area contributed by atoms with Crippen molar-refractivity contribution in [3.05, 3.63) is 86.5 Å². The molecule has 9 heteroatoms. The van der Waals surface area contributed by atoms with Crippen LogP contribution in [0.1, 0.15) is 22.8 Å². The molecule has 0 bridgehead atoms. The van der Waals surface area contributed by atoms with Crippen molar-refractivity contribution >= 4 is 62.3 Å². The summed E-state index contributed by atoms with van der Waals surface area (Å²) in [6, 6.07) is 15.8. The highest BCUT2D eigenvalue weighted by atomic mass is 35.5. The van der Waals surface area contributed by atoms with Gasteiger partial charge in [-0.2, -0.15) is 0 Å². The molecule has 1 amide bonds. The van der Waals surface area contributed by atoms with E-state index in [2.05, 4.69) is 10.3 Å². The number of benzene rings is 2. The molecule has 0 radical (unpaired) electrons. The monoisotopic (exact) mass is 483 g/mol. The maximum Gasteiger partial charge on any atom is 0.272 e.